The predicted octanol–water partition coefficient (Wildman–Crippen LogP) is 3.71. The van der Waals surface area contributed by atoms with E-state index < -0.39 is 25.2 Å². The average Bonchev–Trinajstić information content (AvgIpc) is 2.86. The van der Waals surface area contributed by atoms with Crippen molar-refractivity contribution in [2.75, 3.05) is 0 Å². The fraction of sp³-hybridized carbons (Fsp3) is 0.200. The molecule has 1 heterocycles. The number of aliphatic imine (C=N–C) groups is 1. The Bertz CT molecular complexity index is 997. The summed E-state index contributed by atoms with van der Waals surface area (Å²) in [5.41, 5.74) is 0.858. The molecule has 4 nitrogen and oxygen atoms in total. The molecule has 0 aromatic heterocycles. The predicted molar refractivity (Wildman–Crippen MR) is 122 cm³/mol. The van der Waals surface area contributed by atoms with E-state index in [2.05, 4.69) is 11.9 Å². The van der Waals surface area contributed by atoms with E-state index in [1.807, 2.05) is 91.9 Å². The summed E-state index contributed by atoms with van der Waals surface area (Å²) in [4.78, 5) is 18.1. The zero-order chi connectivity index (χ0) is 21.0. The summed E-state index contributed by atoms with van der Waals surface area (Å²) < 4.78 is 15.1. The van der Waals surface area contributed by atoms with Crippen molar-refractivity contribution < 1.29 is 10.9 Å². The number of para-hydroxylation sites is 1. The van der Waals surface area contributed by atoms with Crippen molar-refractivity contribution in [1.29, 1.82) is 0 Å². The molecule has 1 unspecified atom stereocenters. The van der Waals surface area contributed by atoms with E-state index in [1.54, 1.807) is 6.21 Å². The molecule has 1 aliphatic rings. The molecule has 152 valence electrons. The molecule has 1 aliphatic heterocycles. The van der Waals surface area contributed by atoms with Crippen LogP contribution in [0.15, 0.2) is 89.9 Å². The van der Waals surface area contributed by atoms with Crippen LogP contribution in [0, 0.1) is 5.92 Å². The second kappa shape index (κ2) is 9.04. The van der Waals surface area contributed by atoms with Crippen LogP contribution in [0.5, 0.6) is 5.75 Å². The summed E-state index contributed by atoms with van der Waals surface area (Å²) in [7, 11) is 0. The van der Waals surface area contributed by atoms with Crippen molar-refractivity contribution in [2.24, 2.45) is 10.9 Å². The first kappa shape index (κ1) is 20.7. The summed E-state index contributed by atoms with van der Waals surface area (Å²) >= 11 is -4.40. The van der Waals surface area contributed by atoms with Gasteiger partial charge in [-0.05, 0) is 0 Å². The van der Waals surface area contributed by atoms with Gasteiger partial charge in [0.1, 0.15) is 0 Å². The van der Waals surface area contributed by atoms with Crippen LogP contribution in [0.2, 0.25) is 0 Å². The maximum absolute atomic E-state index is 13.5. The molecule has 0 saturated heterocycles. The van der Waals surface area contributed by atoms with Gasteiger partial charge in [-0.25, -0.2) is 0 Å². The third kappa shape index (κ3) is 4.01. The van der Waals surface area contributed by atoms with Crippen LogP contribution < -0.4 is 10.2 Å². The van der Waals surface area contributed by atoms with Crippen LogP contribution in [0.25, 0.3) is 0 Å². The van der Waals surface area contributed by atoms with Gasteiger partial charge in [0.15, 0.2) is 0 Å². The van der Waals surface area contributed by atoms with Crippen LogP contribution in [0.3, 0.4) is 0 Å². The Balaban J connectivity index is 1.96. The molecule has 0 radical (unpaired) electrons. The van der Waals surface area contributed by atoms with Gasteiger partial charge in [0.25, 0.3) is 0 Å². The second-order valence-corrected chi connectivity index (χ2v) is 15.5. The normalized spacial score (nSPS) is 18.7. The van der Waals surface area contributed by atoms with E-state index >= 15 is 0 Å². The summed E-state index contributed by atoms with van der Waals surface area (Å²) in [6, 6.07) is 27.1. The molecule has 5 heteroatoms. The first-order chi connectivity index (χ1) is 14.6. The Labute approximate surface area is 182 Å². The van der Waals surface area contributed by atoms with Gasteiger partial charge in [0.2, 0.25) is 0 Å². The van der Waals surface area contributed by atoms with Crippen LogP contribution >= 0.6 is 0 Å². The topological polar surface area (TPSA) is 47.9 Å². The summed E-state index contributed by atoms with van der Waals surface area (Å²) in [6.07, 6.45) is 2.59. The van der Waals surface area contributed by atoms with E-state index in [9.17, 15) is 4.79 Å². The van der Waals surface area contributed by atoms with E-state index in [1.165, 1.54) is 0 Å². The van der Waals surface area contributed by atoms with E-state index in [0.717, 1.165) is 19.1 Å². The average molecular weight is 506 g/mol. The number of hydrogen-bond donors (Lipinski definition) is 0. The van der Waals surface area contributed by atoms with Gasteiger partial charge in [-0.2, -0.15) is 0 Å². The molecule has 0 fully saturated rings. The van der Waals surface area contributed by atoms with Crippen molar-refractivity contribution in [3.8, 4) is 5.75 Å². The number of carbonyl (C=O) groups excluding carboxylic acids is 1. The number of fused-ring (bicyclic) bond motifs is 1. The number of hydrogen-bond acceptors (Lipinski definition) is 4. The molecule has 0 amide bonds. The molecule has 30 heavy (non-hydrogen) atoms. The maximum atomic E-state index is 13.5. The quantitative estimate of drug-likeness (QED) is 0.508. The Morgan fingerprint density at radius 1 is 0.867 bits per heavy atom. The minimum absolute atomic E-state index is 0.0644. The molecule has 0 spiro atoms. The molecule has 0 bridgehead atoms. The van der Waals surface area contributed by atoms with Crippen molar-refractivity contribution in [3.63, 3.8) is 0 Å². The molecule has 4 rings (SSSR count). The van der Waals surface area contributed by atoms with Crippen molar-refractivity contribution in [1.82, 2.24) is 0 Å². The SMILES string of the molecule is CCC(C)[C@@H]1N=Cc2ccccc2[O][Sn]([c]2ccccc2)([c]2ccccc2)[O]C1=O. The van der Waals surface area contributed by atoms with Gasteiger partial charge < -0.3 is 0 Å². The third-order valence-corrected chi connectivity index (χ3v) is 14.6. The van der Waals surface area contributed by atoms with Gasteiger partial charge >= 0.3 is 183 Å². The fourth-order valence-corrected chi connectivity index (χ4v) is 12.2. The molecule has 0 N–H and O–H groups in total. The van der Waals surface area contributed by atoms with Crippen molar-refractivity contribution in [3.05, 3.63) is 90.5 Å². The van der Waals surface area contributed by atoms with Crippen LogP contribution in [0.1, 0.15) is 25.8 Å². The van der Waals surface area contributed by atoms with Gasteiger partial charge in [0, 0.05) is 0 Å². The summed E-state index contributed by atoms with van der Waals surface area (Å²) in [6.45, 7) is 4.10. The molecule has 0 aliphatic carbocycles. The molecule has 0 saturated carbocycles. The van der Waals surface area contributed by atoms with Crippen molar-refractivity contribution >= 4 is 38.5 Å². The number of benzene rings is 3. The van der Waals surface area contributed by atoms with Gasteiger partial charge in [-0.15, -0.1) is 0 Å². The van der Waals surface area contributed by atoms with Crippen LogP contribution in [-0.4, -0.2) is 37.4 Å². The molecular weight excluding hydrogens is 481 g/mol. The number of rotatable bonds is 4. The fourth-order valence-electron chi connectivity index (χ4n) is 3.60. The Morgan fingerprint density at radius 2 is 1.43 bits per heavy atom. The second-order valence-electron chi connectivity index (χ2n) is 7.52. The Morgan fingerprint density at radius 3 is 2.03 bits per heavy atom. The minimum atomic E-state index is -4.40. The third-order valence-electron chi connectivity index (χ3n) is 5.52. The number of nitrogens with zero attached hydrogens (tertiary/aromatic N) is 1. The summed E-state index contributed by atoms with van der Waals surface area (Å²) in [5.74, 6) is 0.453. The molecule has 2 atom stereocenters. The Kier molecular flexibility index (Phi) is 6.23. The standard InChI is InChI=1S/C13H17NO3.2C6H5.Sn/c1-3-9(2)12(13(16)17)14-8-10-6-4-5-7-11(10)15;2*1-2-4-6-5-3-1;/h4-9,12,15H,3H2,1-2H3,(H,16,17);2*1-5H;/q;;;+2/p-2/t9?,12-;;;/m0.../s1. The van der Waals surface area contributed by atoms with Crippen LogP contribution in [0.4, 0.5) is 0 Å². The zero-order valence-electron chi connectivity index (χ0n) is 17.2. The molecule has 3 aromatic carbocycles. The zero-order valence-corrected chi connectivity index (χ0v) is 20.0. The van der Waals surface area contributed by atoms with E-state index in [-0.39, 0.29) is 11.9 Å². The van der Waals surface area contributed by atoms with Gasteiger partial charge in [-0.1, -0.05) is 0 Å². The Hall–Kier alpha value is -2.60. The number of carbonyl (C=O) groups is 1. The van der Waals surface area contributed by atoms with Crippen LogP contribution in [-0.2, 0) is 7.87 Å². The first-order valence-electron chi connectivity index (χ1n) is 10.3. The van der Waals surface area contributed by atoms with E-state index in [0.29, 0.717) is 5.75 Å². The van der Waals surface area contributed by atoms with Gasteiger partial charge in [-0.3, -0.25) is 0 Å². The van der Waals surface area contributed by atoms with Crippen molar-refractivity contribution in [2.45, 2.75) is 26.3 Å². The monoisotopic (exact) mass is 507 g/mol. The molecule has 3 aromatic rings. The van der Waals surface area contributed by atoms with Gasteiger partial charge in [0.05, 0.1) is 0 Å². The first-order valence-corrected chi connectivity index (χ1v) is 15.5. The van der Waals surface area contributed by atoms with E-state index in [4.69, 9.17) is 6.15 Å². The molecular formula is C25H25NO3Sn. The summed E-state index contributed by atoms with van der Waals surface area (Å²) in [5, 5.41) is 0.